The van der Waals surface area contributed by atoms with E-state index in [1.165, 1.54) is 34.9 Å². The van der Waals surface area contributed by atoms with Crippen molar-refractivity contribution in [3.05, 3.63) is 23.8 Å². The molecule has 1 fully saturated rings. The molecule has 1 aromatic rings. The molecule has 0 saturated carbocycles. The monoisotopic (exact) mass is 384 g/mol. The average Bonchev–Trinajstić information content (AvgIpc) is 2.56. The summed E-state index contributed by atoms with van der Waals surface area (Å²) in [5.41, 5.74) is -0.606. The van der Waals surface area contributed by atoms with E-state index in [1.54, 1.807) is 13.8 Å². The minimum absolute atomic E-state index is 0.0842. The maximum absolute atomic E-state index is 12.7. The number of hydrogen-bond donors (Lipinski definition) is 1. The molecule has 2 aliphatic rings. The van der Waals surface area contributed by atoms with Crippen LogP contribution in [-0.4, -0.2) is 64.7 Å². The van der Waals surface area contributed by atoms with Gasteiger partial charge in [-0.05, 0) is 32.0 Å². The van der Waals surface area contributed by atoms with Gasteiger partial charge in [-0.2, -0.15) is 8.78 Å². The molecule has 1 N–H and O–H groups in total. The molecular formula is C18H22F2N2O5. The van der Waals surface area contributed by atoms with Crippen molar-refractivity contribution in [2.24, 2.45) is 0 Å². The number of carbonyl (C=O) groups is 2. The normalized spacial score (nSPS) is 24.5. The highest BCUT2D eigenvalue weighted by Gasteiger charge is 2.47. The highest BCUT2D eigenvalue weighted by molar-refractivity contribution is 5.85. The topological polar surface area (TPSA) is 79.3 Å². The summed E-state index contributed by atoms with van der Waals surface area (Å²) in [6.07, 6.45) is -1.10. The van der Waals surface area contributed by atoms with Gasteiger partial charge in [0, 0.05) is 25.6 Å². The molecule has 2 amide bonds. The predicted octanol–water partition coefficient (Wildman–Crippen LogP) is 1.55. The second-order valence-electron chi connectivity index (χ2n) is 7.20. The van der Waals surface area contributed by atoms with Gasteiger partial charge < -0.3 is 24.4 Å². The smallest absolute Gasteiger partial charge is 0.387 e. The fraction of sp³-hybridized carbons (Fsp3) is 0.556. The molecule has 3 rings (SSSR count). The van der Waals surface area contributed by atoms with Gasteiger partial charge in [-0.3, -0.25) is 9.59 Å². The summed E-state index contributed by atoms with van der Waals surface area (Å²) in [5.74, 6) is -0.231. The van der Waals surface area contributed by atoms with Crippen LogP contribution in [0.25, 0.3) is 0 Å². The van der Waals surface area contributed by atoms with Gasteiger partial charge in [0.05, 0.1) is 12.6 Å². The van der Waals surface area contributed by atoms with Crippen LogP contribution >= 0.6 is 0 Å². The summed E-state index contributed by atoms with van der Waals surface area (Å²) in [6.45, 7) is 2.22. The molecule has 9 heteroatoms. The SMILES string of the molecule is CC(=O)N1CCN([C@@H]2c3cc(OC(F)F)ccc3OC(C)(C)[C@H]2O)C(=O)C1. The second kappa shape index (κ2) is 6.95. The van der Waals surface area contributed by atoms with Gasteiger partial charge in [-0.15, -0.1) is 0 Å². The van der Waals surface area contributed by atoms with Crippen LogP contribution in [-0.2, 0) is 9.59 Å². The maximum Gasteiger partial charge on any atom is 0.387 e. The van der Waals surface area contributed by atoms with E-state index in [1.807, 2.05) is 0 Å². The molecule has 0 unspecified atom stereocenters. The van der Waals surface area contributed by atoms with Crippen LogP contribution in [0.15, 0.2) is 18.2 Å². The molecule has 0 spiro atoms. The molecule has 1 saturated heterocycles. The van der Waals surface area contributed by atoms with Crippen molar-refractivity contribution < 1.29 is 33.0 Å². The Kier molecular flexibility index (Phi) is 4.98. The van der Waals surface area contributed by atoms with Gasteiger partial charge in [0.25, 0.3) is 0 Å². The number of fused-ring (bicyclic) bond motifs is 1. The molecule has 7 nitrogen and oxygen atoms in total. The molecular weight excluding hydrogens is 362 g/mol. The zero-order valence-corrected chi connectivity index (χ0v) is 15.3. The van der Waals surface area contributed by atoms with E-state index in [-0.39, 0.29) is 30.7 Å². The Hall–Kier alpha value is -2.42. The largest absolute Gasteiger partial charge is 0.485 e. The lowest BCUT2D eigenvalue weighted by Gasteiger charge is -2.48. The number of ether oxygens (including phenoxy) is 2. The van der Waals surface area contributed by atoms with Gasteiger partial charge in [-0.25, -0.2) is 0 Å². The fourth-order valence-electron chi connectivity index (χ4n) is 3.51. The number of benzene rings is 1. The van der Waals surface area contributed by atoms with E-state index in [0.29, 0.717) is 17.9 Å². The standard InChI is InChI=1S/C18H22F2N2O5/c1-10(23)21-6-7-22(14(24)9-21)15-12-8-11(26-17(19)20)4-5-13(12)27-18(2,3)16(15)25/h4-5,8,15-17,25H,6-7,9H2,1-3H3/t15-,16+/m1/s1. The number of rotatable bonds is 3. The Labute approximate surface area is 155 Å². The fourth-order valence-corrected chi connectivity index (χ4v) is 3.51. The Morgan fingerprint density at radius 1 is 1.37 bits per heavy atom. The number of aliphatic hydroxyl groups is 1. The van der Waals surface area contributed by atoms with Crippen molar-refractivity contribution in [3.63, 3.8) is 0 Å². The quantitative estimate of drug-likeness (QED) is 0.856. The van der Waals surface area contributed by atoms with E-state index in [2.05, 4.69) is 4.74 Å². The highest BCUT2D eigenvalue weighted by Crippen LogP contribution is 2.44. The second-order valence-corrected chi connectivity index (χ2v) is 7.20. The zero-order chi connectivity index (χ0) is 19.9. The third kappa shape index (κ3) is 3.69. The Bertz CT molecular complexity index is 755. The number of halogens is 2. The first-order valence-electron chi connectivity index (χ1n) is 8.61. The van der Waals surface area contributed by atoms with E-state index in [4.69, 9.17) is 4.74 Å². The van der Waals surface area contributed by atoms with Gasteiger partial charge in [0.2, 0.25) is 11.8 Å². The van der Waals surface area contributed by atoms with Gasteiger partial charge in [-0.1, -0.05) is 0 Å². The Morgan fingerprint density at radius 2 is 2.07 bits per heavy atom. The van der Waals surface area contributed by atoms with E-state index >= 15 is 0 Å². The first-order valence-corrected chi connectivity index (χ1v) is 8.61. The predicted molar refractivity (Wildman–Crippen MR) is 90.5 cm³/mol. The van der Waals surface area contributed by atoms with E-state index < -0.39 is 24.4 Å². The van der Waals surface area contributed by atoms with Crippen molar-refractivity contribution >= 4 is 11.8 Å². The minimum atomic E-state index is -2.99. The molecule has 0 aromatic heterocycles. The van der Waals surface area contributed by atoms with Crippen molar-refractivity contribution in [2.75, 3.05) is 19.6 Å². The van der Waals surface area contributed by atoms with Crippen LogP contribution in [0.2, 0.25) is 0 Å². The van der Waals surface area contributed by atoms with Gasteiger partial charge >= 0.3 is 6.61 Å². The maximum atomic E-state index is 12.7. The molecule has 2 aliphatic heterocycles. The number of nitrogens with zero attached hydrogens (tertiary/aromatic N) is 2. The van der Waals surface area contributed by atoms with Gasteiger partial charge in [0.1, 0.15) is 23.2 Å². The summed E-state index contributed by atoms with van der Waals surface area (Å²) >= 11 is 0. The summed E-state index contributed by atoms with van der Waals surface area (Å²) in [4.78, 5) is 27.1. The summed E-state index contributed by atoms with van der Waals surface area (Å²) in [7, 11) is 0. The van der Waals surface area contributed by atoms with Crippen molar-refractivity contribution in [1.29, 1.82) is 0 Å². The lowest BCUT2D eigenvalue weighted by atomic mass is 9.85. The number of hydrogen-bond acceptors (Lipinski definition) is 5. The van der Waals surface area contributed by atoms with Crippen molar-refractivity contribution in [1.82, 2.24) is 9.80 Å². The van der Waals surface area contributed by atoms with Gasteiger partial charge in [0.15, 0.2) is 0 Å². The molecule has 2 heterocycles. The minimum Gasteiger partial charge on any atom is -0.485 e. The van der Waals surface area contributed by atoms with E-state index in [9.17, 15) is 23.5 Å². The number of piperazine rings is 1. The summed E-state index contributed by atoms with van der Waals surface area (Å²) in [6, 6.07) is 3.40. The molecule has 1 aromatic carbocycles. The zero-order valence-electron chi connectivity index (χ0n) is 15.3. The van der Waals surface area contributed by atoms with Crippen LogP contribution in [0.1, 0.15) is 32.4 Å². The van der Waals surface area contributed by atoms with Crippen molar-refractivity contribution in [3.8, 4) is 11.5 Å². The third-order valence-electron chi connectivity index (χ3n) is 4.95. The average molecular weight is 384 g/mol. The van der Waals surface area contributed by atoms with Crippen LogP contribution in [0, 0.1) is 0 Å². The summed E-state index contributed by atoms with van der Waals surface area (Å²) < 4.78 is 35.4. The first-order chi connectivity index (χ1) is 12.6. The Morgan fingerprint density at radius 3 is 2.67 bits per heavy atom. The van der Waals surface area contributed by atoms with Crippen LogP contribution in [0.5, 0.6) is 11.5 Å². The van der Waals surface area contributed by atoms with Crippen LogP contribution in [0.3, 0.4) is 0 Å². The molecule has 0 bridgehead atoms. The molecule has 27 heavy (non-hydrogen) atoms. The third-order valence-corrected chi connectivity index (χ3v) is 4.95. The van der Waals surface area contributed by atoms with Crippen LogP contribution in [0.4, 0.5) is 8.78 Å². The molecule has 2 atom stereocenters. The van der Waals surface area contributed by atoms with Crippen LogP contribution < -0.4 is 9.47 Å². The van der Waals surface area contributed by atoms with Crippen molar-refractivity contribution in [2.45, 2.75) is 45.1 Å². The lowest BCUT2D eigenvalue weighted by Crippen LogP contribution is -2.59. The van der Waals surface area contributed by atoms with E-state index in [0.717, 1.165) is 0 Å². The first kappa shape index (κ1) is 19.3. The molecule has 0 radical (unpaired) electrons. The Balaban J connectivity index is 1.98. The number of amides is 2. The lowest BCUT2D eigenvalue weighted by molar-refractivity contribution is -0.155. The molecule has 0 aliphatic carbocycles. The number of carbonyl (C=O) groups excluding carboxylic acids is 2. The number of alkyl halides is 2. The highest BCUT2D eigenvalue weighted by atomic mass is 19.3. The molecule has 148 valence electrons. The number of aliphatic hydroxyl groups excluding tert-OH is 1. The summed E-state index contributed by atoms with van der Waals surface area (Å²) in [5, 5.41) is 10.9.